The smallest absolute Gasteiger partial charge is 0.410 e. The van der Waals surface area contributed by atoms with Crippen molar-refractivity contribution in [2.45, 2.75) is 51.7 Å². The maximum atomic E-state index is 13.0. The molecule has 8 nitrogen and oxygen atoms in total. The third-order valence-electron chi connectivity index (χ3n) is 5.03. The Kier molecular flexibility index (Phi) is 6.26. The summed E-state index contributed by atoms with van der Waals surface area (Å²) >= 11 is 0. The van der Waals surface area contributed by atoms with Crippen LogP contribution in [0.3, 0.4) is 0 Å². The molecule has 3 heterocycles. The van der Waals surface area contributed by atoms with Crippen LogP contribution in [0.2, 0.25) is 0 Å². The number of carbonyl (C=O) groups excluding carboxylic acids is 2. The molecule has 8 heteroatoms. The molecule has 0 aromatic carbocycles. The Morgan fingerprint density at radius 2 is 2.00 bits per heavy atom. The van der Waals surface area contributed by atoms with Gasteiger partial charge < -0.3 is 19.3 Å². The molecule has 0 N–H and O–H groups in total. The molecule has 3 rings (SSSR count). The summed E-state index contributed by atoms with van der Waals surface area (Å²) < 4.78 is 11.3. The number of pyridine rings is 1. The molecular formula is C21H28N4O4. The molecule has 1 aromatic rings. The number of carbonyl (C=O) groups is 2. The number of nitrogens with zero attached hydrogens (tertiary/aromatic N) is 4. The average Bonchev–Trinajstić information content (AvgIpc) is 3.14. The molecule has 2 atom stereocenters. The molecule has 2 unspecified atom stereocenters. The molecule has 0 aliphatic carbocycles. The van der Waals surface area contributed by atoms with Gasteiger partial charge in [0.2, 0.25) is 11.8 Å². The SMILES string of the molecule is CC(C)(C)OC(=O)N1CCCC(C(=O)N2CCC(Oc3cc(C#N)ccn3)C2)C1. The van der Waals surface area contributed by atoms with E-state index in [-0.39, 0.29) is 24.0 Å². The van der Waals surface area contributed by atoms with Crippen molar-refractivity contribution in [2.75, 3.05) is 26.2 Å². The first-order valence-electron chi connectivity index (χ1n) is 10.0. The van der Waals surface area contributed by atoms with E-state index in [1.54, 1.807) is 23.2 Å². The third-order valence-corrected chi connectivity index (χ3v) is 5.03. The maximum absolute atomic E-state index is 13.0. The fourth-order valence-electron chi connectivity index (χ4n) is 3.67. The minimum atomic E-state index is -0.551. The molecule has 1 aromatic heterocycles. The molecule has 2 amide bonds. The van der Waals surface area contributed by atoms with Crippen molar-refractivity contribution in [2.24, 2.45) is 5.92 Å². The molecule has 156 valence electrons. The van der Waals surface area contributed by atoms with Gasteiger partial charge in [-0.3, -0.25) is 4.79 Å². The van der Waals surface area contributed by atoms with Crippen LogP contribution in [-0.4, -0.2) is 64.7 Å². The highest BCUT2D eigenvalue weighted by atomic mass is 16.6. The van der Waals surface area contributed by atoms with Crippen molar-refractivity contribution >= 4 is 12.0 Å². The zero-order valence-electron chi connectivity index (χ0n) is 17.3. The van der Waals surface area contributed by atoms with Crippen LogP contribution in [0, 0.1) is 17.2 Å². The van der Waals surface area contributed by atoms with Gasteiger partial charge in [-0.25, -0.2) is 9.78 Å². The fourth-order valence-corrected chi connectivity index (χ4v) is 3.67. The van der Waals surface area contributed by atoms with Crippen LogP contribution in [0.25, 0.3) is 0 Å². The van der Waals surface area contributed by atoms with Crippen LogP contribution >= 0.6 is 0 Å². The number of piperidine rings is 1. The van der Waals surface area contributed by atoms with Crippen molar-refractivity contribution in [1.29, 1.82) is 5.26 Å². The summed E-state index contributed by atoms with van der Waals surface area (Å²) in [5.74, 6) is 0.246. The second-order valence-electron chi connectivity index (χ2n) is 8.57. The lowest BCUT2D eigenvalue weighted by Crippen LogP contribution is -2.47. The Morgan fingerprint density at radius 3 is 2.72 bits per heavy atom. The zero-order chi connectivity index (χ0) is 21.0. The minimum absolute atomic E-state index is 0.0584. The summed E-state index contributed by atoms with van der Waals surface area (Å²) in [5.41, 5.74) is -0.0601. The number of rotatable bonds is 3. The summed E-state index contributed by atoms with van der Waals surface area (Å²) in [7, 11) is 0. The first kappa shape index (κ1) is 20.9. The molecule has 2 aliphatic rings. The van der Waals surface area contributed by atoms with E-state index in [0.29, 0.717) is 44.0 Å². The van der Waals surface area contributed by atoms with Crippen molar-refractivity contribution in [1.82, 2.24) is 14.8 Å². The fraction of sp³-hybridized carbons (Fsp3) is 0.619. The van der Waals surface area contributed by atoms with Crippen LogP contribution in [0.15, 0.2) is 18.3 Å². The zero-order valence-corrected chi connectivity index (χ0v) is 17.3. The van der Waals surface area contributed by atoms with Crippen molar-refractivity contribution in [3.05, 3.63) is 23.9 Å². The van der Waals surface area contributed by atoms with Gasteiger partial charge >= 0.3 is 6.09 Å². The summed E-state index contributed by atoms with van der Waals surface area (Å²) in [6.07, 6.45) is 3.30. The van der Waals surface area contributed by atoms with E-state index in [1.165, 1.54) is 0 Å². The van der Waals surface area contributed by atoms with Gasteiger partial charge in [0.05, 0.1) is 24.1 Å². The van der Waals surface area contributed by atoms with Gasteiger partial charge in [0.15, 0.2) is 0 Å². The van der Waals surface area contributed by atoms with Crippen LogP contribution in [-0.2, 0) is 9.53 Å². The summed E-state index contributed by atoms with van der Waals surface area (Å²) in [6.45, 7) is 7.62. The highest BCUT2D eigenvalue weighted by molar-refractivity contribution is 5.80. The first-order chi connectivity index (χ1) is 13.7. The Morgan fingerprint density at radius 1 is 1.21 bits per heavy atom. The van der Waals surface area contributed by atoms with E-state index in [0.717, 1.165) is 12.8 Å². The molecule has 0 saturated carbocycles. The van der Waals surface area contributed by atoms with Crippen LogP contribution in [0.1, 0.15) is 45.6 Å². The minimum Gasteiger partial charge on any atom is -0.472 e. The van der Waals surface area contributed by atoms with Crippen molar-refractivity contribution < 1.29 is 19.1 Å². The van der Waals surface area contributed by atoms with E-state index < -0.39 is 5.60 Å². The Bertz CT molecular complexity index is 799. The highest BCUT2D eigenvalue weighted by Crippen LogP contribution is 2.24. The summed E-state index contributed by atoms with van der Waals surface area (Å²) in [6, 6.07) is 5.29. The van der Waals surface area contributed by atoms with Gasteiger partial charge in [-0.1, -0.05) is 0 Å². The van der Waals surface area contributed by atoms with Gasteiger partial charge in [0.1, 0.15) is 11.7 Å². The summed E-state index contributed by atoms with van der Waals surface area (Å²) in [4.78, 5) is 32.9. The molecule has 0 bridgehead atoms. The second-order valence-corrected chi connectivity index (χ2v) is 8.57. The van der Waals surface area contributed by atoms with E-state index in [2.05, 4.69) is 11.1 Å². The standard InChI is InChI=1S/C21H28N4O4/c1-21(2,3)29-20(27)25-9-4-5-16(13-25)19(26)24-10-7-17(14-24)28-18-11-15(12-22)6-8-23-18/h6,8,11,16-17H,4-5,7,9-10,13-14H2,1-3H3. The molecule has 2 aliphatic heterocycles. The number of ether oxygens (including phenoxy) is 2. The quantitative estimate of drug-likeness (QED) is 0.774. The summed E-state index contributed by atoms with van der Waals surface area (Å²) in [5, 5.41) is 8.98. The normalized spacial score (nSPS) is 22.1. The van der Waals surface area contributed by atoms with Gasteiger partial charge in [-0.2, -0.15) is 5.26 Å². The predicted octanol–water partition coefficient (Wildman–Crippen LogP) is 2.58. The Labute approximate surface area is 171 Å². The van der Waals surface area contributed by atoms with Crippen molar-refractivity contribution in [3.63, 3.8) is 0 Å². The average molecular weight is 400 g/mol. The largest absolute Gasteiger partial charge is 0.472 e. The lowest BCUT2D eigenvalue weighted by molar-refractivity contribution is -0.136. The highest BCUT2D eigenvalue weighted by Gasteiger charge is 2.36. The molecule has 2 fully saturated rings. The van der Waals surface area contributed by atoms with Gasteiger partial charge in [0.25, 0.3) is 0 Å². The Balaban J connectivity index is 1.54. The van der Waals surface area contributed by atoms with Gasteiger partial charge in [-0.05, 0) is 39.7 Å². The first-order valence-corrected chi connectivity index (χ1v) is 10.0. The number of amides is 2. The van der Waals surface area contributed by atoms with E-state index in [1.807, 2.05) is 25.7 Å². The van der Waals surface area contributed by atoms with E-state index >= 15 is 0 Å². The number of likely N-dealkylation sites (tertiary alicyclic amines) is 2. The monoisotopic (exact) mass is 400 g/mol. The predicted molar refractivity (Wildman–Crippen MR) is 105 cm³/mol. The maximum Gasteiger partial charge on any atom is 0.410 e. The van der Waals surface area contributed by atoms with Crippen LogP contribution < -0.4 is 4.74 Å². The van der Waals surface area contributed by atoms with E-state index in [4.69, 9.17) is 14.7 Å². The molecule has 0 spiro atoms. The number of nitriles is 1. The number of aromatic nitrogens is 1. The number of hydrogen-bond donors (Lipinski definition) is 0. The van der Waals surface area contributed by atoms with Crippen LogP contribution in [0.4, 0.5) is 4.79 Å². The van der Waals surface area contributed by atoms with Crippen LogP contribution in [0.5, 0.6) is 5.88 Å². The third kappa shape index (κ3) is 5.59. The lowest BCUT2D eigenvalue weighted by Gasteiger charge is -2.35. The molecular weight excluding hydrogens is 372 g/mol. The second kappa shape index (κ2) is 8.68. The van der Waals surface area contributed by atoms with Crippen molar-refractivity contribution in [3.8, 4) is 11.9 Å². The Hall–Kier alpha value is -2.82. The number of hydrogen-bond acceptors (Lipinski definition) is 6. The topological polar surface area (TPSA) is 95.8 Å². The lowest BCUT2D eigenvalue weighted by atomic mass is 9.97. The molecule has 0 radical (unpaired) electrons. The molecule has 2 saturated heterocycles. The van der Waals surface area contributed by atoms with Gasteiger partial charge in [0, 0.05) is 38.3 Å². The van der Waals surface area contributed by atoms with E-state index in [9.17, 15) is 9.59 Å². The van der Waals surface area contributed by atoms with Gasteiger partial charge in [-0.15, -0.1) is 0 Å². The molecule has 29 heavy (non-hydrogen) atoms.